The van der Waals surface area contributed by atoms with Crippen LogP contribution >= 0.6 is 11.6 Å². The fourth-order valence-electron chi connectivity index (χ4n) is 1.27. The predicted octanol–water partition coefficient (Wildman–Crippen LogP) is 2.24. The Morgan fingerprint density at radius 3 is 2.81 bits per heavy atom. The van der Waals surface area contributed by atoms with Gasteiger partial charge in [0.1, 0.15) is 11.2 Å². The standard InChI is InChI=1S/C10H10ClN3O2/c1-5-3-8(6(2)13-10(15)16)14-9(11)7(5)4-12/h3,6,13H,1-2H3,(H,15,16). The van der Waals surface area contributed by atoms with Crippen LogP contribution in [-0.2, 0) is 0 Å². The van der Waals surface area contributed by atoms with Crippen LogP contribution in [0.2, 0.25) is 5.15 Å². The molecule has 1 aromatic heterocycles. The maximum Gasteiger partial charge on any atom is 0.405 e. The van der Waals surface area contributed by atoms with Crippen LogP contribution in [0, 0.1) is 18.3 Å². The summed E-state index contributed by atoms with van der Waals surface area (Å²) >= 11 is 5.81. The number of aromatic nitrogens is 1. The quantitative estimate of drug-likeness (QED) is 0.775. The Morgan fingerprint density at radius 1 is 1.75 bits per heavy atom. The van der Waals surface area contributed by atoms with E-state index < -0.39 is 12.1 Å². The molecular weight excluding hydrogens is 230 g/mol. The molecule has 6 heteroatoms. The average Bonchev–Trinajstić information content (AvgIpc) is 2.16. The van der Waals surface area contributed by atoms with Crippen LogP contribution in [0.1, 0.15) is 29.8 Å². The van der Waals surface area contributed by atoms with Crippen molar-refractivity contribution < 1.29 is 9.90 Å². The molecule has 0 bridgehead atoms. The van der Waals surface area contributed by atoms with Crippen LogP contribution in [0.3, 0.4) is 0 Å². The number of amides is 1. The van der Waals surface area contributed by atoms with Gasteiger partial charge >= 0.3 is 6.09 Å². The predicted molar refractivity (Wildman–Crippen MR) is 58.3 cm³/mol. The number of hydrogen-bond acceptors (Lipinski definition) is 3. The molecule has 1 heterocycles. The minimum Gasteiger partial charge on any atom is -0.465 e. The third-order valence-electron chi connectivity index (χ3n) is 2.09. The number of nitrogens with zero attached hydrogens (tertiary/aromatic N) is 2. The highest BCUT2D eigenvalue weighted by atomic mass is 35.5. The summed E-state index contributed by atoms with van der Waals surface area (Å²) in [6.07, 6.45) is -1.13. The minimum absolute atomic E-state index is 0.0940. The van der Waals surface area contributed by atoms with Crippen molar-refractivity contribution in [3.63, 3.8) is 0 Å². The van der Waals surface area contributed by atoms with Crippen LogP contribution in [0.15, 0.2) is 6.07 Å². The Hall–Kier alpha value is -1.80. The molecule has 1 atom stereocenters. The molecule has 84 valence electrons. The molecule has 0 aliphatic carbocycles. The fourth-order valence-corrected chi connectivity index (χ4v) is 1.56. The first-order valence-electron chi connectivity index (χ1n) is 4.52. The van der Waals surface area contributed by atoms with Crippen molar-refractivity contribution in [1.82, 2.24) is 10.3 Å². The molecule has 1 amide bonds. The first-order valence-corrected chi connectivity index (χ1v) is 4.90. The van der Waals surface area contributed by atoms with Gasteiger partial charge in [-0.05, 0) is 25.5 Å². The second-order valence-corrected chi connectivity index (χ2v) is 3.67. The lowest BCUT2D eigenvalue weighted by molar-refractivity contribution is 0.190. The fraction of sp³-hybridized carbons (Fsp3) is 0.300. The molecule has 16 heavy (non-hydrogen) atoms. The number of pyridine rings is 1. The second-order valence-electron chi connectivity index (χ2n) is 3.31. The van der Waals surface area contributed by atoms with E-state index in [0.29, 0.717) is 16.8 Å². The summed E-state index contributed by atoms with van der Waals surface area (Å²) in [4.78, 5) is 14.4. The normalized spacial score (nSPS) is 11.6. The van der Waals surface area contributed by atoms with Crippen LogP contribution in [-0.4, -0.2) is 16.2 Å². The van der Waals surface area contributed by atoms with Crippen molar-refractivity contribution in [2.45, 2.75) is 19.9 Å². The number of halogens is 1. The van der Waals surface area contributed by atoms with E-state index in [2.05, 4.69) is 10.3 Å². The van der Waals surface area contributed by atoms with Crippen LogP contribution in [0.25, 0.3) is 0 Å². The SMILES string of the molecule is Cc1cc(C(C)NC(=O)O)nc(Cl)c1C#N. The lowest BCUT2D eigenvalue weighted by atomic mass is 10.1. The molecule has 0 aromatic carbocycles. The van der Waals surface area contributed by atoms with E-state index in [4.69, 9.17) is 22.0 Å². The Kier molecular flexibility index (Phi) is 3.69. The topological polar surface area (TPSA) is 86.0 Å². The number of nitrogens with one attached hydrogen (secondary N) is 1. The zero-order valence-electron chi connectivity index (χ0n) is 8.78. The highest BCUT2D eigenvalue weighted by molar-refractivity contribution is 6.30. The molecule has 0 radical (unpaired) electrons. The molecule has 0 saturated heterocycles. The van der Waals surface area contributed by atoms with Gasteiger partial charge in [-0.2, -0.15) is 5.26 Å². The van der Waals surface area contributed by atoms with Gasteiger partial charge in [-0.3, -0.25) is 0 Å². The number of aryl methyl sites for hydroxylation is 1. The van der Waals surface area contributed by atoms with Crippen molar-refractivity contribution in [3.8, 4) is 6.07 Å². The van der Waals surface area contributed by atoms with Crippen molar-refractivity contribution in [1.29, 1.82) is 5.26 Å². The molecule has 1 unspecified atom stereocenters. The monoisotopic (exact) mass is 239 g/mol. The van der Waals surface area contributed by atoms with E-state index in [9.17, 15) is 4.79 Å². The molecule has 1 rings (SSSR count). The lowest BCUT2D eigenvalue weighted by Crippen LogP contribution is -2.25. The van der Waals surface area contributed by atoms with E-state index in [1.54, 1.807) is 19.9 Å². The highest BCUT2D eigenvalue weighted by Crippen LogP contribution is 2.21. The first-order chi connectivity index (χ1) is 7.45. The summed E-state index contributed by atoms with van der Waals surface area (Å²) in [7, 11) is 0. The van der Waals surface area contributed by atoms with Gasteiger partial charge in [-0.1, -0.05) is 11.6 Å². The zero-order chi connectivity index (χ0) is 12.3. The third kappa shape index (κ3) is 2.61. The van der Waals surface area contributed by atoms with Crippen molar-refractivity contribution >= 4 is 17.7 Å². The number of carboxylic acid groups (broad SMARTS) is 1. The van der Waals surface area contributed by atoms with Gasteiger partial charge in [-0.25, -0.2) is 9.78 Å². The summed E-state index contributed by atoms with van der Waals surface area (Å²) in [5, 5.41) is 19.7. The maximum absolute atomic E-state index is 10.5. The van der Waals surface area contributed by atoms with Gasteiger partial charge in [0.05, 0.1) is 17.3 Å². The van der Waals surface area contributed by atoms with Crippen molar-refractivity contribution in [3.05, 3.63) is 28.0 Å². The molecule has 2 N–H and O–H groups in total. The highest BCUT2D eigenvalue weighted by Gasteiger charge is 2.14. The lowest BCUT2D eigenvalue weighted by Gasteiger charge is -2.12. The van der Waals surface area contributed by atoms with E-state index in [-0.39, 0.29) is 5.15 Å². The molecule has 1 aromatic rings. The van der Waals surface area contributed by atoms with Gasteiger partial charge in [-0.15, -0.1) is 0 Å². The maximum atomic E-state index is 10.5. The van der Waals surface area contributed by atoms with E-state index in [0.717, 1.165) is 0 Å². The Labute approximate surface area is 97.7 Å². The Morgan fingerprint density at radius 2 is 2.38 bits per heavy atom. The number of hydrogen-bond donors (Lipinski definition) is 2. The summed E-state index contributed by atoms with van der Waals surface area (Å²) in [6, 6.07) is 3.11. The van der Waals surface area contributed by atoms with Gasteiger partial charge in [0, 0.05) is 0 Å². The van der Waals surface area contributed by atoms with Gasteiger partial charge < -0.3 is 10.4 Å². The molecule has 0 fully saturated rings. The largest absolute Gasteiger partial charge is 0.465 e. The summed E-state index contributed by atoms with van der Waals surface area (Å²) in [5.74, 6) is 0. The van der Waals surface area contributed by atoms with E-state index in [1.807, 2.05) is 6.07 Å². The molecule has 5 nitrogen and oxygen atoms in total. The van der Waals surface area contributed by atoms with Crippen molar-refractivity contribution in [2.24, 2.45) is 0 Å². The smallest absolute Gasteiger partial charge is 0.405 e. The molecule has 0 saturated carbocycles. The van der Waals surface area contributed by atoms with Gasteiger partial charge in [0.25, 0.3) is 0 Å². The van der Waals surface area contributed by atoms with Gasteiger partial charge in [0.15, 0.2) is 0 Å². The zero-order valence-corrected chi connectivity index (χ0v) is 9.54. The number of nitriles is 1. The second kappa shape index (κ2) is 4.81. The van der Waals surface area contributed by atoms with Crippen LogP contribution < -0.4 is 5.32 Å². The number of carbonyl (C=O) groups is 1. The van der Waals surface area contributed by atoms with Crippen molar-refractivity contribution in [2.75, 3.05) is 0 Å². The average molecular weight is 240 g/mol. The Balaban J connectivity index is 3.09. The van der Waals surface area contributed by atoms with Gasteiger partial charge in [0.2, 0.25) is 0 Å². The van der Waals surface area contributed by atoms with Crippen LogP contribution in [0.5, 0.6) is 0 Å². The molecular formula is C10H10ClN3O2. The Bertz CT molecular complexity index is 445. The minimum atomic E-state index is -1.13. The molecule has 0 aliphatic rings. The number of rotatable bonds is 2. The summed E-state index contributed by atoms with van der Waals surface area (Å²) in [5.41, 5.74) is 1.48. The molecule has 0 aliphatic heterocycles. The third-order valence-corrected chi connectivity index (χ3v) is 2.36. The van der Waals surface area contributed by atoms with E-state index >= 15 is 0 Å². The van der Waals surface area contributed by atoms with E-state index in [1.165, 1.54) is 0 Å². The first kappa shape index (κ1) is 12.3. The summed E-state index contributed by atoms with van der Waals surface area (Å²) in [6.45, 7) is 3.38. The van der Waals surface area contributed by atoms with Crippen LogP contribution in [0.4, 0.5) is 4.79 Å². The molecule has 0 spiro atoms. The summed E-state index contributed by atoms with van der Waals surface area (Å²) < 4.78 is 0.